The molecule has 0 saturated carbocycles. The first-order chi connectivity index (χ1) is 15.6. The average molecular weight is 461 g/mol. The van der Waals surface area contributed by atoms with Gasteiger partial charge in [0.25, 0.3) is 0 Å². The maximum absolute atomic E-state index is 13.6. The Labute approximate surface area is 197 Å². The van der Waals surface area contributed by atoms with Gasteiger partial charge >= 0.3 is 0 Å². The zero-order valence-electron chi connectivity index (χ0n) is 20.6. The number of aliphatic hydroxyl groups is 1. The zero-order chi connectivity index (χ0) is 24.6. The van der Waals surface area contributed by atoms with Gasteiger partial charge in [0.05, 0.1) is 6.04 Å². The number of nitrogens with zero attached hydrogens (tertiary/aromatic N) is 2. The van der Waals surface area contributed by atoms with Gasteiger partial charge in [-0.25, -0.2) is 0 Å². The molecule has 3 amide bonds. The van der Waals surface area contributed by atoms with Crippen molar-refractivity contribution in [1.82, 2.24) is 20.4 Å². The molecule has 8 nitrogen and oxygen atoms in total. The summed E-state index contributed by atoms with van der Waals surface area (Å²) < 4.78 is 0. The van der Waals surface area contributed by atoms with E-state index in [-0.39, 0.29) is 23.8 Å². The van der Waals surface area contributed by atoms with Crippen LogP contribution in [0.5, 0.6) is 0 Å². The summed E-state index contributed by atoms with van der Waals surface area (Å²) >= 11 is 0. The fourth-order valence-corrected chi connectivity index (χ4v) is 4.11. The van der Waals surface area contributed by atoms with Gasteiger partial charge in [0.1, 0.15) is 12.6 Å². The molecule has 1 heterocycles. The summed E-state index contributed by atoms with van der Waals surface area (Å²) in [5.41, 5.74) is 0.642. The number of benzene rings is 1. The molecule has 3 atom stereocenters. The lowest BCUT2D eigenvalue weighted by molar-refractivity contribution is -0.142. The Morgan fingerprint density at radius 3 is 2.45 bits per heavy atom. The number of likely N-dealkylation sites (tertiary alicyclic amines) is 1. The van der Waals surface area contributed by atoms with Crippen molar-refractivity contribution in [1.29, 1.82) is 0 Å². The van der Waals surface area contributed by atoms with Crippen molar-refractivity contribution in [3.8, 4) is 0 Å². The van der Waals surface area contributed by atoms with Crippen molar-refractivity contribution in [2.45, 2.75) is 65.1 Å². The summed E-state index contributed by atoms with van der Waals surface area (Å²) in [6.07, 6.45) is 2.30. The number of rotatable bonds is 10. The first-order valence-electron chi connectivity index (χ1n) is 11.8. The maximum atomic E-state index is 13.6. The molecule has 1 saturated heterocycles. The van der Waals surface area contributed by atoms with Crippen LogP contribution in [0.15, 0.2) is 30.3 Å². The van der Waals surface area contributed by atoms with Gasteiger partial charge in [0.2, 0.25) is 17.7 Å². The van der Waals surface area contributed by atoms with E-state index in [1.807, 2.05) is 51.1 Å². The van der Waals surface area contributed by atoms with E-state index < -0.39 is 24.1 Å². The van der Waals surface area contributed by atoms with Crippen LogP contribution in [-0.4, -0.2) is 84.0 Å². The third-order valence-corrected chi connectivity index (χ3v) is 6.32. The van der Waals surface area contributed by atoms with Gasteiger partial charge in [0.15, 0.2) is 0 Å². The topological polar surface area (TPSA) is 102 Å². The number of amides is 3. The summed E-state index contributed by atoms with van der Waals surface area (Å²) in [6, 6.07) is 8.66. The Morgan fingerprint density at radius 1 is 1.21 bits per heavy atom. The molecule has 0 bridgehead atoms. The molecule has 0 aliphatic carbocycles. The minimum absolute atomic E-state index is 0.124. The predicted octanol–water partition coefficient (Wildman–Crippen LogP) is 1.18. The summed E-state index contributed by atoms with van der Waals surface area (Å²) in [5.74, 6) is -0.684. The quantitative estimate of drug-likeness (QED) is 0.487. The molecule has 0 aromatic heterocycles. The minimum Gasteiger partial charge on any atom is -0.387 e. The lowest BCUT2D eigenvalue weighted by Gasteiger charge is -2.37. The van der Waals surface area contributed by atoms with Crippen LogP contribution in [0.4, 0.5) is 0 Å². The smallest absolute Gasteiger partial charge is 0.248 e. The van der Waals surface area contributed by atoms with Crippen LogP contribution in [0.1, 0.15) is 46.1 Å². The van der Waals surface area contributed by atoms with Crippen molar-refractivity contribution in [3.63, 3.8) is 0 Å². The van der Waals surface area contributed by atoms with Gasteiger partial charge in [-0.2, -0.15) is 0 Å². The highest BCUT2D eigenvalue weighted by Crippen LogP contribution is 2.26. The summed E-state index contributed by atoms with van der Waals surface area (Å²) in [6.45, 7) is 8.44. The van der Waals surface area contributed by atoms with Crippen LogP contribution >= 0.6 is 0 Å². The average Bonchev–Trinajstić information content (AvgIpc) is 3.26. The third-order valence-electron chi connectivity index (χ3n) is 6.32. The minimum atomic E-state index is -0.673. The second-order valence-electron chi connectivity index (χ2n) is 9.88. The molecule has 2 rings (SSSR count). The third kappa shape index (κ3) is 7.54. The van der Waals surface area contributed by atoms with Crippen LogP contribution in [0.25, 0.3) is 0 Å². The van der Waals surface area contributed by atoms with Gasteiger partial charge in [-0.3, -0.25) is 14.4 Å². The lowest BCUT2D eigenvalue weighted by atomic mass is 9.85. The molecule has 1 aromatic rings. The normalized spacial score (nSPS) is 18.0. The van der Waals surface area contributed by atoms with Crippen molar-refractivity contribution < 1.29 is 19.5 Å². The van der Waals surface area contributed by atoms with E-state index in [0.29, 0.717) is 26.1 Å². The molecular formula is C25H40N4O4. The standard InChI is InChI=1S/C25H40N4O4/c1-18(26-5)23(32)27-22(25(2,3)4)24(33)29-14-9-12-20(29)16-28(21(31)17-30)15-13-19-10-7-6-8-11-19/h6-8,10-11,18,20,22,26,30H,9,12-17H2,1-5H3,(H,27,32)/t18-,20?,22?/m0/s1. The van der Waals surface area contributed by atoms with E-state index in [0.717, 1.165) is 18.4 Å². The van der Waals surface area contributed by atoms with Crippen LogP contribution in [-0.2, 0) is 20.8 Å². The molecule has 33 heavy (non-hydrogen) atoms. The highest BCUT2D eigenvalue weighted by atomic mass is 16.3. The highest BCUT2D eigenvalue weighted by Gasteiger charge is 2.40. The Balaban J connectivity index is 2.13. The molecule has 0 spiro atoms. The van der Waals surface area contributed by atoms with Gasteiger partial charge < -0.3 is 25.5 Å². The van der Waals surface area contributed by atoms with E-state index in [1.54, 1.807) is 23.8 Å². The Morgan fingerprint density at radius 2 is 1.88 bits per heavy atom. The van der Waals surface area contributed by atoms with Crippen molar-refractivity contribution in [2.24, 2.45) is 5.41 Å². The van der Waals surface area contributed by atoms with Crippen LogP contribution in [0, 0.1) is 5.41 Å². The van der Waals surface area contributed by atoms with Crippen molar-refractivity contribution in [2.75, 3.05) is 33.3 Å². The van der Waals surface area contributed by atoms with Crippen LogP contribution < -0.4 is 10.6 Å². The fraction of sp³-hybridized carbons (Fsp3) is 0.640. The Kier molecular flexibility index (Phi) is 9.86. The van der Waals surface area contributed by atoms with E-state index in [9.17, 15) is 19.5 Å². The molecule has 8 heteroatoms. The zero-order valence-corrected chi connectivity index (χ0v) is 20.6. The van der Waals surface area contributed by atoms with E-state index in [4.69, 9.17) is 0 Å². The summed E-state index contributed by atoms with van der Waals surface area (Å²) in [5, 5.41) is 15.3. The van der Waals surface area contributed by atoms with E-state index >= 15 is 0 Å². The number of hydrogen-bond acceptors (Lipinski definition) is 5. The first kappa shape index (κ1) is 26.8. The first-order valence-corrected chi connectivity index (χ1v) is 11.8. The molecule has 184 valence electrons. The van der Waals surface area contributed by atoms with Gasteiger partial charge in [-0.1, -0.05) is 51.1 Å². The largest absolute Gasteiger partial charge is 0.387 e. The second kappa shape index (κ2) is 12.1. The van der Waals surface area contributed by atoms with Gasteiger partial charge in [-0.15, -0.1) is 0 Å². The fourth-order valence-electron chi connectivity index (χ4n) is 4.11. The molecule has 3 N–H and O–H groups in total. The SMILES string of the molecule is CN[C@@H](C)C(=O)NC(C(=O)N1CCCC1CN(CCc1ccccc1)C(=O)CO)C(C)(C)C. The maximum Gasteiger partial charge on any atom is 0.248 e. The number of aliphatic hydroxyl groups excluding tert-OH is 1. The summed E-state index contributed by atoms with van der Waals surface area (Å²) in [7, 11) is 1.71. The number of hydrogen-bond donors (Lipinski definition) is 3. The molecular weight excluding hydrogens is 420 g/mol. The Hall–Kier alpha value is -2.45. The van der Waals surface area contributed by atoms with Gasteiger partial charge in [0, 0.05) is 25.7 Å². The second-order valence-corrected chi connectivity index (χ2v) is 9.88. The van der Waals surface area contributed by atoms with E-state index in [1.165, 1.54) is 0 Å². The van der Waals surface area contributed by atoms with Crippen LogP contribution in [0.3, 0.4) is 0 Å². The van der Waals surface area contributed by atoms with Crippen molar-refractivity contribution >= 4 is 17.7 Å². The molecule has 0 radical (unpaired) electrons. The monoisotopic (exact) mass is 460 g/mol. The highest BCUT2D eigenvalue weighted by molar-refractivity contribution is 5.90. The molecule has 1 aliphatic heterocycles. The van der Waals surface area contributed by atoms with Crippen LogP contribution in [0.2, 0.25) is 0 Å². The number of nitrogens with one attached hydrogen (secondary N) is 2. The summed E-state index contributed by atoms with van der Waals surface area (Å²) in [4.78, 5) is 42.0. The Bertz CT molecular complexity index is 793. The number of likely N-dealkylation sites (N-methyl/N-ethyl adjacent to an activating group) is 1. The number of carbonyl (C=O) groups excluding carboxylic acids is 3. The van der Waals surface area contributed by atoms with E-state index in [2.05, 4.69) is 10.6 Å². The number of carbonyl (C=O) groups is 3. The molecule has 1 aliphatic rings. The molecule has 1 aromatic carbocycles. The lowest BCUT2D eigenvalue weighted by Crippen LogP contribution is -2.59. The predicted molar refractivity (Wildman–Crippen MR) is 128 cm³/mol. The molecule has 2 unspecified atom stereocenters. The molecule has 1 fully saturated rings. The van der Waals surface area contributed by atoms with Gasteiger partial charge in [-0.05, 0) is 44.2 Å². The van der Waals surface area contributed by atoms with Crippen molar-refractivity contribution in [3.05, 3.63) is 35.9 Å².